The lowest BCUT2D eigenvalue weighted by Crippen LogP contribution is -2.37. The first-order chi connectivity index (χ1) is 24.6. The van der Waals surface area contributed by atoms with E-state index in [0.29, 0.717) is 18.2 Å². The van der Waals surface area contributed by atoms with Crippen LogP contribution in [-0.2, 0) is 47.8 Å². The number of ketones is 4. The van der Waals surface area contributed by atoms with Crippen molar-refractivity contribution >= 4 is 58.2 Å². The fourth-order valence-electron chi connectivity index (χ4n) is 6.00. The van der Waals surface area contributed by atoms with Crippen LogP contribution in [-0.4, -0.2) is 77.6 Å². The van der Waals surface area contributed by atoms with E-state index >= 15 is 0 Å². The van der Waals surface area contributed by atoms with Gasteiger partial charge in [-0.3, -0.25) is 19.2 Å². The Morgan fingerprint density at radius 2 is 1.12 bits per heavy atom. The van der Waals surface area contributed by atoms with Gasteiger partial charge in [0.05, 0.1) is 5.92 Å². The van der Waals surface area contributed by atoms with Gasteiger partial charge in [-0.2, -0.15) is 0 Å². The number of ether oxygens (including phenoxy) is 2. The fourth-order valence-corrected chi connectivity index (χ4v) is 6.00. The summed E-state index contributed by atoms with van der Waals surface area (Å²) < 4.78 is 10.2. The van der Waals surface area contributed by atoms with Gasteiger partial charge in [-0.15, -0.1) is 0 Å². The van der Waals surface area contributed by atoms with Crippen LogP contribution in [0.25, 0.3) is 11.1 Å². The average molecular weight is 709 g/mol. The van der Waals surface area contributed by atoms with Crippen molar-refractivity contribution in [3.8, 4) is 11.5 Å². The quantitative estimate of drug-likeness (QED) is 0.108. The Kier molecular flexibility index (Phi) is 8.35. The summed E-state index contributed by atoms with van der Waals surface area (Å²) in [6, 6.07) is 8.92. The molecular weight excluding hydrogens is 688 g/mol. The molecule has 2 atom stereocenters. The Hall–Kier alpha value is -7.62. The van der Waals surface area contributed by atoms with Crippen LogP contribution in [0.2, 0.25) is 0 Å². The Labute approximate surface area is 289 Å². The number of cyclic esters (lactones) is 2. The number of aliphatic hydroxyl groups excluding tert-OH is 2. The molecule has 0 amide bonds. The summed E-state index contributed by atoms with van der Waals surface area (Å²) in [5.74, 6) is -19.8. The number of Topliss-reactive ketones (excluding diaryl/α,β-unsaturated/α-hetero) is 2. The number of aromatic hydroxyl groups is 2. The van der Waals surface area contributed by atoms with Gasteiger partial charge in [0.1, 0.15) is 33.8 Å². The lowest BCUT2D eigenvalue weighted by atomic mass is 9.69. The minimum Gasteiger partial charge on any atom is -0.508 e. The normalized spacial score (nSPS) is 23.7. The van der Waals surface area contributed by atoms with Crippen LogP contribution in [0.4, 0.5) is 0 Å². The second-order valence-corrected chi connectivity index (χ2v) is 11.4. The lowest BCUT2D eigenvalue weighted by Gasteiger charge is -2.30. The average Bonchev–Trinajstić information content (AvgIpc) is 3.53. The second-order valence-electron chi connectivity index (χ2n) is 11.4. The van der Waals surface area contributed by atoms with Gasteiger partial charge in [-0.05, 0) is 64.8 Å². The molecule has 2 aromatic carbocycles. The van der Waals surface area contributed by atoms with E-state index in [4.69, 9.17) is 9.47 Å². The zero-order valence-corrected chi connectivity index (χ0v) is 25.8. The highest BCUT2D eigenvalue weighted by Crippen LogP contribution is 2.45. The topological polar surface area (TPSA) is 276 Å². The highest BCUT2D eigenvalue weighted by molar-refractivity contribution is 6.45. The van der Waals surface area contributed by atoms with Gasteiger partial charge in [0, 0.05) is 5.92 Å². The molecule has 6 N–H and O–H groups in total. The predicted octanol–water partition coefficient (Wildman–Crippen LogP) is 2.07. The number of aliphatic carboxylic acids is 2. The fraction of sp³-hybridized carbons (Fsp3) is 0.0556. The van der Waals surface area contributed by atoms with Gasteiger partial charge in [0.15, 0.2) is 23.0 Å². The predicted molar refractivity (Wildman–Crippen MR) is 169 cm³/mol. The molecule has 16 heteroatoms. The van der Waals surface area contributed by atoms with E-state index in [1.165, 1.54) is 0 Å². The zero-order valence-electron chi connectivity index (χ0n) is 25.8. The molecule has 16 nitrogen and oxygen atoms in total. The largest absolute Gasteiger partial charge is 0.508 e. The Morgan fingerprint density at radius 1 is 0.615 bits per heavy atom. The van der Waals surface area contributed by atoms with Crippen molar-refractivity contribution in [1.29, 1.82) is 0 Å². The summed E-state index contributed by atoms with van der Waals surface area (Å²) in [4.78, 5) is 104. The Balaban J connectivity index is 1.55. The summed E-state index contributed by atoms with van der Waals surface area (Å²) in [6.45, 7) is 0. The molecule has 4 aliphatic rings. The number of allylic oxidation sites excluding steroid dienone is 6. The third-order valence-electron chi connectivity index (χ3n) is 8.32. The third-order valence-corrected chi connectivity index (χ3v) is 8.32. The summed E-state index contributed by atoms with van der Waals surface area (Å²) in [6.07, 6.45) is 2.89. The molecule has 260 valence electrons. The monoisotopic (exact) mass is 708 g/mol. The van der Waals surface area contributed by atoms with Gasteiger partial charge in [-0.1, -0.05) is 30.3 Å². The number of carboxylic acid groups (broad SMARTS) is 2. The van der Waals surface area contributed by atoms with Gasteiger partial charge < -0.3 is 40.1 Å². The van der Waals surface area contributed by atoms with Crippen molar-refractivity contribution in [2.24, 2.45) is 11.8 Å². The molecule has 2 heterocycles. The number of rotatable bonds is 6. The summed E-state index contributed by atoms with van der Waals surface area (Å²) in [5, 5.41) is 60.9. The number of hydrogen-bond acceptors (Lipinski definition) is 14. The van der Waals surface area contributed by atoms with Crippen LogP contribution in [0.3, 0.4) is 0 Å². The van der Waals surface area contributed by atoms with Gasteiger partial charge in [-0.25, -0.2) is 19.2 Å². The van der Waals surface area contributed by atoms with Gasteiger partial charge in [0.2, 0.25) is 23.1 Å². The minimum atomic E-state index is -2.01. The lowest BCUT2D eigenvalue weighted by molar-refractivity contribution is -0.136. The molecule has 2 aliphatic carbocycles. The number of carboxylic acids is 2. The number of carbonyl (C=O) groups excluding carboxylic acids is 6. The molecule has 0 saturated carbocycles. The molecule has 0 aromatic heterocycles. The number of carbonyl (C=O) groups is 8. The number of esters is 2. The number of phenolic OH excluding ortho intramolecular Hbond substituents is 2. The van der Waals surface area contributed by atoms with E-state index in [1.54, 1.807) is 0 Å². The third kappa shape index (κ3) is 5.65. The Morgan fingerprint density at radius 3 is 1.65 bits per heavy atom. The van der Waals surface area contributed by atoms with E-state index in [1.807, 2.05) is 0 Å². The highest BCUT2D eigenvalue weighted by atomic mass is 16.6. The van der Waals surface area contributed by atoms with Crippen molar-refractivity contribution in [2.75, 3.05) is 0 Å². The van der Waals surface area contributed by atoms with Crippen molar-refractivity contribution < 1.29 is 78.5 Å². The molecule has 2 aliphatic heterocycles. The Bertz CT molecular complexity index is 2320. The van der Waals surface area contributed by atoms with E-state index in [0.717, 1.165) is 54.6 Å². The maximum absolute atomic E-state index is 13.8. The van der Waals surface area contributed by atoms with Crippen LogP contribution < -0.4 is 0 Å². The van der Waals surface area contributed by atoms with E-state index < -0.39 is 115 Å². The molecule has 52 heavy (non-hydrogen) atoms. The maximum Gasteiger partial charge on any atom is 0.348 e. The number of hydrogen-bond donors (Lipinski definition) is 6. The van der Waals surface area contributed by atoms with Gasteiger partial charge >= 0.3 is 23.9 Å². The standard InChI is InChI=1S/C36H20O16/c37-15-5-1-13(2-6-15)23(33(45)46)31-29(43)26(35(49)51-31)17-9-10-20(39)28(42)25(17)18-11-21(40)22(41)12-19(18)27-30(44)32(52-36(27)50)24(34(47)48)14-3-7-16(38)8-4-14/h1-12,18,25,37-38,40,44H,(H,45,46)(H,47,48)/b26-17+,31-23+,32-24+. The first kappa shape index (κ1) is 34.3. The first-order valence-electron chi connectivity index (χ1n) is 14.7. The molecule has 2 unspecified atom stereocenters. The van der Waals surface area contributed by atoms with Crippen LogP contribution >= 0.6 is 0 Å². The molecule has 0 bridgehead atoms. The van der Waals surface area contributed by atoms with Crippen LogP contribution in [0, 0.1) is 11.8 Å². The molecule has 0 spiro atoms. The van der Waals surface area contributed by atoms with Crippen molar-refractivity contribution in [3.63, 3.8) is 0 Å². The summed E-state index contributed by atoms with van der Waals surface area (Å²) >= 11 is 0. The van der Waals surface area contributed by atoms with Crippen molar-refractivity contribution in [3.05, 3.63) is 129 Å². The second kappa shape index (κ2) is 12.7. The van der Waals surface area contributed by atoms with E-state index in [9.17, 15) is 69.0 Å². The zero-order chi connectivity index (χ0) is 37.8. The SMILES string of the molecule is O=C1C=C/C(=C2\C(=O)O/C(=C(/C(=O)O)c3ccc(O)cc3)C2=O)C(C2C=C(O)C(=O)C=C2C2=C(O)/C(=C(\C(=O)O)c3ccc(O)cc3)OC2=O)C1=O. The van der Waals surface area contributed by atoms with Crippen LogP contribution in [0.1, 0.15) is 11.1 Å². The number of aliphatic hydroxyl groups is 2. The van der Waals surface area contributed by atoms with E-state index in [2.05, 4.69) is 0 Å². The van der Waals surface area contributed by atoms with Crippen LogP contribution in [0.15, 0.2) is 118 Å². The van der Waals surface area contributed by atoms with Crippen molar-refractivity contribution in [1.82, 2.24) is 0 Å². The number of phenols is 2. The molecule has 1 saturated heterocycles. The molecule has 6 rings (SSSR count). The van der Waals surface area contributed by atoms with Crippen LogP contribution in [0.5, 0.6) is 11.5 Å². The summed E-state index contributed by atoms with van der Waals surface area (Å²) in [5.41, 5.74) is -4.85. The summed E-state index contributed by atoms with van der Waals surface area (Å²) in [7, 11) is 0. The van der Waals surface area contributed by atoms with E-state index in [-0.39, 0.29) is 22.6 Å². The number of benzene rings is 2. The van der Waals surface area contributed by atoms with Crippen molar-refractivity contribution in [2.45, 2.75) is 0 Å². The molecule has 2 aromatic rings. The van der Waals surface area contributed by atoms with Gasteiger partial charge in [0.25, 0.3) is 0 Å². The first-order valence-corrected chi connectivity index (χ1v) is 14.7. The molecule has 1 fully saturated rings. The minimum absolute atomic E-state index is 0.149. The highest BCUT2D eigenvalue weighted by Gasteiger charge is 2.49. The maximum atomic E-state index is 13.8. The molecule has 0 radical (unpaired) electrons. The molecular formula is C36H20O16. The smallest absolute Gasteiger partial charge is 0.348 e.